The van der Waals surface area contributed by atoms with Gasteiger partial charge in [-0.3, -0.25) is 4.79 Å². The number of carbonyl (C=O) groups excluding carboxylic acids is 2. The largest absolute Gasteiger partial charge is 0.450 e. The molecule has 0 aromatic heterocycles. The number of ether oxygens (including phenoxy) is 1. The molecule has 0 atom stereocenters. The lowest BCUT2D eigenvalue weighted by Crippen LogP contribution is -2.53. The minimum atomic E-state index is -0.250. The van der Waals surface area contributed by atoms with Gasteiger partial charge in [-0.15, -0.1) is 0 Å². The van der Waals surface area contributed by atoms with Crippen molar-refractivity contribution in [2.75, 3.05) is 44.6 Å². The van der Waals surface area contributed by atoms with E-state index in [9.17, 15) is 9.59 Å². The van der Waals surface area contributed by atoms with Crippen molar-refractivity contribution in [1.29, 1.82) is 0 Å². The molecule has 8 heteroatoms. The third-order valence-corrected chi connectivity index (χ3v) is 4.57. The van der Waals surface area contributed by atoms with Crippen LogP contribution in [-0.4, -0.2) is 67.1 Å². The van der Waals surface area contributed by atoms with Crippen molar-refractivity contribution in [2.45, 2.75) is 40.2 Å². The Morgan fingerprint density at radius 2 is 1.69 bits per heavy atom. The first-order valence-corrected chi connectivity index (χ1v) is 10.4. The first-order chi connectivity index (χ1) is 14.1. The van der Waals surface area contributed by atoms with Gasteiger partial charge in [0.2, 0.25) is 5.91 Å². The maximum Gasteiger partial charge on any atom is 0.409 e. The molecule has 1 aromatic carbocycles. The van der Waals surface area contributed by atoms with Gasteiger partial charge in [-0.05, 0) is 38.0 Å². The van der Waals surface area contributed by atoms with Crippen LogP contribution in [0.5, 0.6) is 0 Å². The first-order valence-electron chi connectivity index (χ1n) is 10.4. The van der Waals surface area contributed by atoms with Crippen molar-refractivity contribution in [1.82, 2.24) is 15.1 Å². The Morgan fingerprint density at radius 1 is 1.03 bits per heavy atom. The van der Waals surface area contributed by atoms with Gasteiger partial charge >= 0.3 is 6.09 Å². The van der Waals surface area contributed by atoms with Crippen LogP contribution in [0.25, 0.3) is 0 Å². The smallest absolute Gasteiger partial charge is 0.409 e. The molecule has 0 radical (unpaired) electrons. The van der Waals surface area contributed by atoms with E-state index in [1.54, 1.807) is 4.90 Å². The van der Waals surface area contributed by atoms with Crippen LogP contribution in [0.2, 0.25) is 0 Å². The molecule has 160 valence electrons. The van der Waals surface area contributed by atoms with Crippen molar-refractivity contribution in [3.05, 3.63) is 29.8 Å². The van der Waals surface area contributed by atoms with Crippen LogP contribution < -0.4 is 10.6 Å². The number of guanidine groups is 1. The minimum Gasteiger partial charge on any atom is -0.450 e. The second kappa shape index (κ2) is 11.9. The summed E-state index contributed by atoms with van der Waals surface area (Å²) in [7, 11) is 0. The summed E-state index contributed by atoms with van der Waals surface area (Å²) in [6.07, 6.45) is 1.11. The fourth-order valence-corrected chi connectivity index (χ4v) is 3.05. The Morgan fingerprint density at radius 3 is 2.28 bits per heavy atom. The summed E-state index contributed by atoms with van der Waals surface area (Å²) in [5.41, 5.74) is 1.87. The molecule has 0 unspecified atom stereocenters. The maximum atomic E-state index is 11.9. The van der Waals surface area contributed by atoms with E-state index in [-0.39, 0.29) is 12.0 Å². The Bertz CT molecular complexity index is 682. The van der Waals surface area contributed by atoms with Crippen LogP contribution >= 0.6 is 0 Å². The van der Waals surface area contributed by atoms with Gasteiger partial charge in [0.05, 0.1) is 13.2 Å². The lowest BCUT2D eigenvalue weighted by Gasteiger charge is -2.35. The van der Waals surface area contributed by atoms with Crippen LogP contribution in [0.1, 0.15) is 39.2 Å². The van der Waals surface area contributed by atoms with Crippen molar-refractivity contribution < 1.29 is 14.3 Å². The predicted molar refractivity (Wildman–Crippen MR) is 115 cm³/mol. The second-order valence-electron chi connectivity index (χ2n) is 6.84. The van der Waals surface area contributed by atoms with Crippen molar-refractivity contribution >= 4 is 23.6 Å². The van der Waals surface area contributed by atoms with Gasteiger partial charge < -0.3 is 25.2 Å². The summed E-state index contributed by atoms with van der Waals surface area (Å²) in [5, 5.41) is 6.22. The highest BCUT2D eigenvalue weighted by molar-refractivity contribution is 5.90. The van der Waals surface area contributed by atoms with Gasteiger partial charge in [0.1, 0.15) is 0 Å². The zero-order valence-corrected chi connectivity index (χ0v) is 17.7. The Labute approximate surface area is 173 Å². The van der Waals surface area contributed by atoms with E-state index < -0.39 is 0 Å². The minimum absolute atomic E-state index is 0.0367. The standard InChI is InChI=1S/C21H33N5O3/c1-4-7-19(27)24-18-10-8-17(9-11-18)16-23-20(22-5-2)25-12-14-26(15-13-25)21(28)29-6-3/h8-11H,4-7,12-16H2,1-3H3,(H,22,23)(H,24,27). The molecule has 1 heterocycles. The first kappa shape index (κ1) is 22.5. The third-order valence-electron chi connectivity index (χ3n) is 4.57. The summed E-state index contributed by atoms with van der Waals surface area (Å²) in [5.74, 6) is 0.881. The van der Waals surface area contributed by atoms with Gasteiger partial charge in [0, 0.05) is 44.8 Å². The van der Waals surface area contributed by atoms with E-state index in [1.807, 2.05) is 45.0 Å². The van der Waals surface area contributed by atoms with Crippen LogP contribution in [0.3, 0.4) is 0 Å². The predicted octanol–water partition coefficient (Wildman–Crippen LogP) is 2.66. The molecule has 2 N–H and O–H groups in total. The summed E-state index contributed by atoms with van der Waals surface area (Å²) in [4.78, 5) is 32.2. The van der Waals surface area contributed by atoms with Gasteiger partial charge in [-0.2, -0.15) is 0 Å². The van der Waals surface area contributed by atoms with Gasteiger partial charge in [-0.1, -0.05) is 19.1 Å². The number of hydrogen-bond acceptors (Lipinski definition) is 4. The summed E-state index contributed by atoms with van der Waals surface area (Å²) >= 11 is 0. The summed E-state index contributed by atoms with van der Waals surface area (Å²) in [6, 6.07) is 7.77. The fraction of sp³-hybridized carbons (Fsp3) is 0.571. The van der Waals surface area contributed by atoms with E-state index in [0.29, 0.717) is 45.8 Å². The zero-order chi connectivity index (χ0) is 21.1. The van der Waals surface area contributed by atoms with Crippen LogP contribution in [0.15, 0.2) is 29.3 Å². The average Bonchev–Trinajstić information content (AvgIpc) is 2.72. The van der Waals surface area contributed by atoms with E-state index in [0.717, 1.165) is 30.2 Å². The highest BCUT2D eigenvalue weighted by Gasteiger charge is 2.23. The number of piperazine rings is 1. The van der Waals surface area contributed by atoms with Gasteiger partial charge in [-0.25, -0.2) is 9.79 Å². The Hall–Kier alpha value is -2.77. The molecule has 1 aliphatic heterocycles. The Kier molecular flexibility index (Phi) is 9.27. The number of aliphatic imine (C=N–C) groups is 1. The molecule has 29 heavy (non-hydrogen) atoms. The van der Waals surface area contributed by atoms with E-state index >= 15 is 0 Å². The summed E-state index contributed by atoms with van der Waals surface area (Å²) < 4.78 is 5.07. The normalized spacial score (nSPS) is 14.5. The number of rotatable bonds is 7. The highest BCUT2D eigenvalue weighted by Crippen LogP contribution is 2.12. The lowest BCUT2D eigenvalue weighted by molar-refractivity contribution is -0.116. The lowest BCUT2D eigenvalue weighted by atomic mass is 10.2. The molecule has 0 bridgehead atoms. The molecule has 1 saturated heterocycles. The third kappa shape index (κ3) is 7.29. The molecule has 1 aromatic rings. The number of nitrogens with one attached hydrogen (secondary N) is 2. The second-order valence-corrected chi connectivity index (χ2v) is 6.84. The maximum absolute atomic E-state index is 11.9. The molecular weight excluding hydrogens is 370 g/mol. The van der Waals surface area contributed by atoms with Gasteiger partial charge in [0.25, 0.3) is 0 Å². The molecule has 1 fully saturated rings. The van der Waals surface area contributed by atoms with Crippen molar-refractivity contribution in [2.24, 2.45) is 4.99 Å². The fourth-order valence-electron chi connectivity index (χ4n) is 3.05. The SMILES string of the molecule is CCCC(=O)Nc1ccc(CN=C(NCC)N2CCN(C(=O)OCC)CC2)cc1. The highest BCUT2D eigenvalue weighted by atomic mass is 16.6. The number of anilines is 1. The number of benzene rings is 1. The zero-order valence-electron chi connectivity index (χ0n) is 17.7. The quantitative estimate of drug-likeness (QED) is 0.540. The van der Waals surface area contributed by atoms with Crippen molar-refractivity contribution in [3.63, 3.8) is 0 Å². The molecule has 0 aliphatic carbocycles. The molecule has 2 amide bonds. The number of carbonyl (C=O) groups is 2. The van der Waals surface area contributed by atoms with Crippen LogP contribution in [0, 0.1) is 0 Å². The molecule has 2 rings (SSSR count). The molecule has 1 aliphatic rings. The number of amides is 2. The number of hydrogen-bond donors (Lipinski definition) is 2. The van der Waals surface area contributed by atoms with E-state index in [2.05, 4.69) is 15.5 Å². The topological polar surface area (TPSA) is 86.3 Å². The van der Waals surface area contributed by atoms with Crippen molar-refractivity contribution in [3.8, 4) is 0 Å². The summed E-state index contributed by atoms with van der Waals surface area (Å²) in [6.45, 7) is 10.2. The molecule has 8 nitrogen and oxygen atoms in total. The van der Waals surface area contributed by atoms with Crippen LogP contribution in [-0.2, 0) is 16.1 Å². The van der Waals surface area contributed by atoms with E-state index in [4.69, 9.17) is 9.73 Å². The molecule has 0 spiro atoms. The van der Waals surface area contributed by atoms with Crippen LogP contribution in [0.4, 0.5) is 10.5 Å². The Balaban J connectivity index is 1.92. The van der Waals surface area contributed by atoms with Gasteiger partial charge in [0.15, 0.2) is 5.96 Å². The molecular formula is C21H33N5O3. The average molecular weight is 404 g/mol. The number of nitrogens with zero attached hydrogens (tertiary/aromatic N) is 3. The monoisotopic (exact) mass is 403 g/mol. The van der Waals surface area contributed by atoms with E-state index in [1.165, 1.54) is 0 Å². The molecule has 0 saturated carbocycles.